The van der Waals surface area contributed by atoms with Gasteiger partial charge >= 0.3 is 0 Å². The van der Waals surface area contributed by atoms with Crippen molar-refractivity contribution < 1.29 is 23.2 Å². The number of carbonyl (C=O) groups is 2. The predicted octanol–water partition coefficient (Wildman–Crippen LogP) is 3.67. The molecule has 4 aromatic rings. The number of aryl methyl sites for hydroxylation is 1. The van der Waals surface area contributed by atoms with Gasteiger partial charge < -0.3 is 29.9 Å². The third-order valence-electron chi connectivity index (χ3n) is 7.60. The largest absolute Gasteiger partial charge is 0.469 e. The van der Waals surface area contributed by atoms with Crippen molar-refractivity contribution in [3.63, 3.8) is 0 Å². The van der Waals surface area contributed by atoms with E-state index in [4.69, 9.17) is 24.3 Å². The van der Waals surface area contributed by atoms with E-state index in [1.54, 1.807) is 0 Å². The average Bonchev–Trinajstić information content (AvgIpc) is 3.65. The van der Waals surface area contributed by atoms with Crippen LogP contribution in [0.2, 0.25) is 0 Å². The molecular weight excluding hydrogens is 486 g/mol. The number of nitrogens with zero attached hydrogens (tertiary/aromatic N) is 2. The average molecular weight is 512 g/mol. The van der Waals surface area contributed by atoms with E-state index in [9.17, 15) is 9.59 Å². The third kappa shape index (κ3) is 3.06. The molecule has 0 saturated carbocycles. The molecule has 3 aliphatic heterocycles. The summed E-state index contributed by atoms with van der Waals surface area (Å²) < 4.78 is 18.9. The lowest BCUT2D eigenvalue weighted by atomic mass is 9.72. The quantitative estimate of drug-likeness (QED) is 0.378. The minimum Gasteiger partial charge on any atom is -0.469 e. The molecule has 10 heteroatoms. The summed E-state index contributed by atoms with van der Waals surface area (Å²) in [6.45, 7) is 3.98. The zero-order chi connectivity index (χ0) is 26.2. The Labute approximate surface area is 217 Å². The number of fused-ring (bicyclic) bond motifs is 4. The van der Waals surface area contributed by atoms with Gasteiger partial charge in [0.1, 0.15) is 23.5 Å². The number of primary amides is 1. The number of rotatable bonds is 3. The molecule has 192 valence electrons. The smallest absolute Gasteiger partial charge is 0.270 e. The van der Waals surface area contributed by atoms with Crippen molar-refractivity contribution in [1.29, 1.82) is 0 Å². The fraction of sp³-hybridized carbons (Fsp3) is 0.286. The van der Waals surface area contributed by atoms with Gasteiger partial charge in [-0.15, -0.1) is 0 Å². The lowest BCUT2D eigenvalue weighted by molar-refractivity contribution is -0.122. The summed E-state index contributed by atoms with van der Waals surface area (Å²) in [7, 11) is 0. The Morgan fingerprint density at radius 3 is 2.74 bits per heavy atom. The van der Waals surface area contributed by atoms with E-state index in [2.05, 4.69) is 21.7 Å². The van der Waals surface area contributed by atoms with Crippen LogP contribution in [0.25, 0.3) is 11.6 Å². The minimum atomic E-state index is -0.936. The van der Waals surface area contributed by atoms with Crippen molar-refractivity contribution in [2.75, 3.05) is 5.32 Å². The van der Waals surface area contributed by atoms with Gasteiger partial charge in [-0.1, -0.05) is 44.2 Å². The molecule has 0 aliphatic carbocycles. The predicted molar refractivity (Wildman–Crippen MR) is 135 cm³/mol. The van der Waals surface area contributed by atoms with E-state index in [1.807, 2.05) is 50.2 Å². The molecule has 4 bridgehead atoms. The van der Waals surface area contributed by atoms with Gasteiger partial charge in [0.2, 0.25) is 17.7 Å². The zero-order valence-electron chi connectivity index (χ0n) is 20.8. The molecule has 5 heterocycles. The van der Waals surface area contributed by atoms with Crippen molar-refractivity contribution >= 4 is 17.5 Å². The number of hydrogen-bond donors (Lipinski definition) is 3. The normalized spacial score (nSPS) is 23.0. The molecule has 3 unspecified atom stereocenters. The van der Waals surface area contributed by atoms with Crippen LogP contribution in [-0.2, 0) is 16.6 Å². The van der Waals surface area contributed by atoms with Crippen LogP contribution in [0, 0.1) is 5.92 Å². The van der Waals surface area contributed by atoms with E-state index in [-0.39, 0.29) is 23.4 Å². The van der Waals surface area contributed by atoms with Gasteiger partial charge in [-0.2, -0.15) is 0 Å². The maximum Gasteiger partial charge on any atom is 0.270 e. The monoisotopic (exact) mass is 511 g/mol. The van der Waals surface area contributed by atoms with Gasteiger partial charge in [-0.25, -0.2) is 9.97 Å². The standard InChI is InChI=1S/C28H25N5O5/c1-13(2)21-26-33-22(25-30-18(12-36-25)24(29)35)23(38-26)28-15-5-3-4-6-17(15)31-27(28)37-19-9-7-14(11-16(19)28)8-10-20(34)32-21/h3-7,9,11-13,21,27,31H,8,10H2,1-2H3,(H2,29,35)(H,32,34). The molecule has 4 N–H and O–H groups in total. The second-order valence-electron chi connectivity index (χ2n) is 10.2. The highest BCUT2D eigenvalue weighted by atomic mass is 16.5. The van der Waals surface area contributed by atoms with Crippen molar-refractivity contribution in [3.8, 4) is 17.3 Å². The lowest BCUT2D eigenvalue weighted by Crippen LogP contribution is -2.40. The Morgan fingerprint density at radius 1 is 1.11 bits per heavy atom. The summed E-state index contributed by atoms with van der Waals surface area (Å²) >= 11 is 0. The number of amides is 2. The molecule has 0 radical (unpaired) electrons. The Morgan fingerprint density at radius 2 is 1.95 bits per heavy atom. The van der Waals surface area contributed by atoms with Gasteiger partial charge in [0.05, 0.1) is 0 Å². The highest BCUT2D eigenvalue weighted by Crippen LogP contribution is 2.59. The summed E-state index contributed by atoms with van der Waals surface area (Å²) in [5.74, 6) is 0.722. The number of aromatic nitrogens is 2. The molecular formula is C28H25N5O5. The number of nitrogens with one attached hydrogen (secondary N) is 2. The number of oxazole rings is 2. The van der Waals surface area contributed by atoms with Crippen LogP contribution in [-0.4, -0.2) is 28.0 Å². The van der Waals surface area contributed by atoms with E-state index in [1.165, 1.54) is 6.26 Å². The third-order valence-corrected chi connectivity index (χ3v) is 7.60. The van der Waals surface area contributed by atoms with Crippen molar-refractivity contribution in [3.05, 3.63) is 82.8 Å². The molecule has 0 saturated heterocycles. The van der Waals surface area contributed by atoms with Crippen LogP contribution >= 0.6 is 0 Å². The zero-order valence-corrected chi connectivity index (χ0v) is 20.8. The van der Waals surface area contributed by atoms with Crippen LogP contribution in [0.3, 0.4) is 0 Å². The van der Waals surface area contributed by atoms with E-state index in [0.29, 0.717) is 35.9 Å². The van der Waals surface area contributed by atoms with Crippen molar-refractivity contribution in [2.24, 2.45) is 11.7 Å². The Balaban J connectivity index is 1.58. The van der Waals surface area contributed by atoms with Crippen LogP contribution in [0.15, 0.2) is 57.6 Å². The van der Waals surface area contributed by atoms with Gasteiger partial charge in [-0.05, 0) is 35.6 Å². The van der Waals surface area contributed by atoms with Crippen LogP contribution < -0.4 is 21.1 Å². The summed E-state index contributed by atoms with van der Waals surface area (Å²) in [5.41, 5.74) is 8.58. The summed E-state index contributed by atoms with van der Waals surface area (Å²) in [6.07, 6.45) is 1.56. The molecule has 2 aromatic carbocycles. The summed E-state index contributed by atoms with van der Waals surface area (Å²) in [4.78, 5) is 34.0. The number of para-hydroxylation sites is 1. The first-order valence-corrected chi connectivity index (χ1v) is 12.6. The Kier molecular flexibility index (Phi) is 4.72. The lowest BCUT2D eigenvalue weighted by Gasteiger charge is -2.27. The van der Waals surface area contributed by atoms with E-state index < -0.39 is 23.6 Å². The fourth-order valence-electron chi connectivity index (χ4n) is 5.78. The van der Waals surface area contributed by atoms with Crippen molar-refractivity contribution in [2.45, 2.75) is 44.4 Å². The minimum absolute atomic E-state index is 0.0218. The SMILES string of the molecule is CC(C)C1NC(=O)CCc2ccc3c(c2)C2(c4ccccc4NC2O3)c2oc1nc2-c1nc(C(N)=O)co1. The highest BCUT2D eigenvalue weighted by Gasteiger charge is 2.61. The first-order valence-electron chi connectivity index (χ1n) is 12.6. The fourth-order valence-corrected chi connectivity index (χ4v) is 5.78. The van der Waals surface area contributed by atoms with E-state index in [0.717, 1.165) is 22.4 Å². The number of ether oxygens (including phenoxy) is 1. The number of benzene rings is 2. The van der Waals surface area contributed by atoms with Crippen LogP contribution in [0.4, 0.5) is 5.69 Å². The second kappa shape index (κ2) is 7.95. The van der Waals surface area contributed by atoms with Crippen molar-refractivity contribution in [1.82, 2.24) is 15.3 Å². The molecule has 2 aromatic heterocycles. The van der Waals surface area contributed by atoms with Gasteiger partial charge in [-0.3, -0.25) is 9.59 Å². The first-order chi connectivity index (χ1) is 18.4. The highest BCUT2D eigenvalue weighted by molar-refractivity contribution is 5.91. The molecule has 7 rings (SSSR count). The number of nitrogens with two attached hydrogens (primary N) is 1. The molecule has 2 amide bonds. The molecule has 10 nitrogen and oxygen atoms in total. The molecule has 1 spiro atoms. The molecule has 3 aliphatic rings. The maximum atomic E-state index is 13.0. The number of carbonyl (C=O) groups excluding carboxylic acids is 2. The maximum absolute atomic E-state index is 13.0. The number of anilines is 1. The van der Waals surface area contributed by atoms with Gasteiger partial charge in [0.15, 0.2) is 23.4 Å². The second-order valence-corrected chi connectivity index (χ2v) is 10.2. The van der Waals surface area contributed by atoms with Gasteiger partial charge in [0, 0.05) is 17.7 Å². The van der Waals surface area contributed by atoms with Gasteiger partial charge in [0.25, 0.3) is 5.91 Å². The van der Waals surface area contributed by atoms with Crippen LogP contribution in [0.1, 0.15) is 65.1 Å². The first kappa shape index (κ1) is 22.6. The molecule has 0 fully saturated rings. The van der Waals surface area contributed by atoms with Crippen LogP contribution in [0.5, 0.6) is 5.75 Å². The Bertz CT molecular complexity index is 1620. The summed E-state index contributed by atoms with van der Waals surface area (Å²) in [6, 6.07) is 13.5. The van der Waals surface area contributed by atoms with E-state index >= 15 is 0 Å². The topological polar surface area (TPSA) is 146 Å². The molecule has 38 heavy (non-hydrogen) atoms. The Hall–Kier alpha value is -4.60. The number of hydrogen-bond acceptors (Lipinski definition) is 8. The molecule has 3 atom stereocenters. The summed E-state index contributed by atoms with van der Waals surface area (Å²) in [5, 5.41) is 6.61.